The van der Waals surface area contributed by atoms with Gasteiger partial charge in [-0.25, -0.2) is 4.79 Å². The van der Waals surface area contributed by atoms with Crippen molar-refractivity contribution in [2.45, 2.75) is 24.4 Å². The first-order chi connectivity index (χ1) is 10.7. The molecule has 1 aromatic carbocycles. The molecule has 1 aromatic rings. The average Bonchev–Trinajstić information content (AvgIpc) is 2.55. The Labute approximate surface area is 130 Å². The molecule has 0 radical (unpaired) electrons. The second-order valence-corrected chi connectivity index (χ2v) is 5.00. The van der Waals surface area contributed by atoms with Gasteiger partial charge in [-0.15, -0.1) is 0 Å². The number of rotatable bonds is 2. The summed E-state index contributed by atoms with van der Waals surface area (Å²) < 4.78 is 31.7. The van der Waals surface area contributed by atoms with Gasteiger partial charge in [0, 0.05) is 13.1 Å². The highest BCUT2D eigenvalue weighted by atomic mass is 19.4. The van der Waals surface area contributed by atoms with Crippen LogP contribution >= 0.6 is 0 Å². The summed E-state index contributed by atoms with van der Waals surface area (Å²) in [6, 6.07) is 12.3. The van der Waals surface area contributed by atoms with Crippen molar-refractivity contribution in [2.75, 3.05) is 13.1 Å². The summed E-state index contributed by atoms with van der Waals surface area (Å²) in [4.78, 5) is 21.3. The Bertz CT molecular complexity index is 574. The van der Waals surface area contributed by atoms with E-state index in [1.165, 1.54) is 0 Å². The van der Waals surface area contributed by atoms with E-state index in [4.69, 9.17) is 9.90 Å². The number of aliphatic carboxylic acids is 1. The number of carboxylic acid groups (broad SMARTS) is 1. The zero-order chi connectivity index (χ0) is 17.5. The van der Waals surface area contributed by atoms with E-state index in [-0.39, 0.29) is 0 Å². The maximum atomic E-state index is 10.6. The average molecular weight is 328 g/mol. The lowest BCUT2D eigenvalue weighted by molar-refractivity contribution is -0.192. The van der Waals surface area contributed by atoms with Gasteiger partial charge in [0.25, 0.3) is 0 Å². The van der Waals surface area contributed by atoms with E-state index in [0.717, 1.165) is 24.8 Å². The number of nitriles is 1. The lowest BCUT2D eigenvalue weighted by Crippen LogP contribution is -2.41. The molecule has 1 fully saturated rings. The third kappa shape index (κ3) is 4.98. The Kier molecular flexibility index (Phi) is 6.13. The standard InChI is InChI=1S/C13H14N2O.C2HF3O2/c14-10-13(12-4-2-1-3-5-12)6-8-15(11-16)9-7-13;3-2(4,5)1(6)7/h1-5,11H,6-9H2;(H,6,7). The number of piperidine rings is 1. The van der Waals surface area contributed by atoms with Crippen LogP contribution in [0.5, 0.6) is 0 Å². The van der Waals surface area contributed by atoms with Crippen LogP contribution in [0, 0.1) is 11.3 Å². The quantitative estimate of drug-likeness (QED) is 0.845. The molecule has 0 saturated carbocycles. The van der Waals surface area contributed by atoms with Gasteiger partial charge < -0.3 is 10.0 Å². The first-order valence-corrected chi connectivity index (χ1v) is 6.71. The molecule has 5 nitrogen and oxygen atoms in total. The van der Waals surface area contributed by atoms with E-state index >= 15 is 0 Å². The Hall–Kier alpha value is -2.56. The number of alkyl halides is 3. The second kappa shape index (κ2) is 7.63. The van der Waals surface area contributed by atoms with Crippen LogP contribution in [0.3, 0.4) is 0 Å². The number of halogens is 3. The minimum Gasteiger partial charge on any atom is -0.475 e. The first-order valence-electron chi connectivity index (χ1n) is 6.71. The highest BCUT2D eigenvalue weighted by Gasteiger charge is 2.38. The van der Waals surface area contributed by atoms with Gasteiger partial charge in [0.05, 0.1) is 11.5 Å². The SMILES string of the molecule is N#CC1(c2ccccc2)CCN(C=O)CC1.O=C(O)C(F)(F)F. The molecule has 0 bridgehead atoms. The summed E-state index contributed by atoms with van der Waals surface area (Å²) in [6.07, 6.45) is -2.76. The van der Waals surface area contributed by atoms with E-state index < -0.39 is 17.6 Å². The maximum absolute atomic E-state index is 10.6. The van der Waals surface area contributed by atoms with E-state index in [9.17, 15) is 23.2 Å². The van der Waals surface area contributed by atoms with Crippen molar-refractivity contribution in [2.24, 2.45) is 0 Å². The van der Waals surface area contributed by atoms with Crippen LogP contribution in [0.25, 0.3) is 0 Å². The van der Waals surface area contributed by atoms with Crippen molar-refractivity contribution in [3.05, 3.63) is 35.9 Å². The molecule has 2 rings (SSSR count). The van der Waals surface area contributed by atoms with Crippen LogP contribution in [0.15, 0.2) is 30.3 Å². The molecule has 1 aliphatic heterocycles. The third-order valence-corrected chi connectivity index (χ3v) is 3.58. The van der Waals surface area contributed by atoms with Crippen molar-refractivity contribution in [3.8, 4) is 6.07 Å². The zero-order valence-corrected chi connectivity index (χ0v) is 12.1. The zero-order valence-electron chi connectivity index (χ0n) is 12.1. The summed E-state index contributed by atoms with van der Waals surface area (Å²) in [5, 5.41) is 16.5. The smallest absolute Gasteiger partial charge is 0.475 e. The predicted octanol–water partition coefficient (Wildman–Crippen LogP) is 2.33. The number of hydrogen-bond donors (Lipinski definition) is 1. The molecule has 1 heterocycles. The van der Waals surface area contributed by atoms with Gasteiger partial charge in [0.2, 0.25) is 6.41 Å². The van der Waals surface area contributed by atoms with E-state index in [0.29, 0.717) is 13.1 Å². The lowest BCUT2D eigenvalue weighted by Gasteiger charge is -2.35. The Morgan fingerprint density at radius 3 is 2.09 bits per heavy atom. The third-order valence-electron chi connectivity index (χ3n) is 3.58. The molecule has 1 amide bonds. The van der Waals surface area contributed by atoms with Gasteiger partial charge in [-0.2, -0.15) is 18.4 Å². The molecule has 0 aliphatic carbocycles. The number of hydrogen-bond acceptors (Lipinski definition) is 3. The van der Waals surface area contributed by atoms with Crippen LogP contribution in [0.2, 0.25) is 0 Å². The molecule has 124 valence electrons. The Morgan fingerprint density at radius 1 is 1.26 bits per heavy atom. The van der Waals surface area contributed by atoms with E-state index in [1.54, 1.807) is 4.90 Å². The molecule has 1 N–H and O–H groups in total. The minimum absolute atomic E-state index is 0.402. The van der Waals surface area contributed by atoms with Crippen LogP contribution in [-0.4, -0.2) is 41.7 Å². The molecule has 1 aliphatic rings. The maximum Gasteiger partial charge on any atom is 0.490 e. The van der Waals surface area contributed by atoms with Crippen molar-refractivity contribution < 1.29 is 27.9 Å². The van der Waals surface area contributed by atoms with Crippen molar-refractivity contribution in [3.63, 3.8) is 0 Å². The van der Waals surface area contributed by atoms with Crippen LogP contribution in [0.4, 0.5) is 13.2 Å². The predicted molar refractivity (Wildman–Crippen MR) is 74.3 cm³/mol. The van der Waals surface area contributed by atoms with Gasteiger partial charge in [0.15, 0.2) is 0 Å². The summed E-state index contributed by atoms with van der Waals surface area (Å²) >= 11 is 0. The largest absolute Gasteiger partial charge is 0.490 e. The van der Waals surface area contributed by atoms with Crippen molar-refractivity contribution >= 4 is 12.4 Å². The van der Waals surface area contributed by atoms with Gasteiger partial charge in [-0.05, 0) is 18.4 Å². The highest BCUT2D eigenvalue weighted by molar-refractivity contribution is 5.73. The molecular formula is C15H15F3N2O3. The number of amides is 1. The van der Waals surface area contributed by atoms with Crippen LogP contribution < -0.4 is 0 Å². The van der Waals surface area contributed by atoms with Gasteiger partial charge >= 0.3 is 12.1 Å². The molecule has 23 heavy (non-hydrogen) atoms. The highest BCUT2D eigenvalue weighted by Crippen LogP contribution is 2.34. The van der Waals surface area contributed by atoms with Crippen LogP contribution in [0.1, 0.15) is 18.4 Å². The summed E-state index contributed by atoms with van der Waals surface area (Å²) in [5.41, 5.74) is 0.670. The lowest BCUT2D eigenvalue weighted by atomic mass is 9.74. The van der Waals surface area contributed by atoms with Gasteiger partial charge in [-0.1, -0.05) is 30.3 Å². The molecule has 1 saturated heterocycles. The number of benzene rings is 1. The van der Waals surface area contributed by atoms with Gasteiger partial charge in [-0.3, -0.25) is 4.79 Å². The minimum atomic E-state index is -5.08. The summed E-state index contributed by atoms with van der Waals surface area (Å²) in [7, 11) is 0. The fourth-order valence-corrected chi connectivity index (χ4v) is 2.23. The molecular weight excluding hydrogens is 313 g/mol. The van der Waals surface area contributed by atoms with Gasteiger partial charge in [0.1, 0.15) is 0 Å². The monoisotopic (exact) mass is 328 g/mol. The van der Waals surface area contributed by atoms with E-state index in [2.05, 4.69) is 6.07 Å². The number of nitrogens with zero attached hydrogens (tertiary/aromatic N) is 2. The Morgan fingerprint density at radius 2 is 1.74 bits per heavy atom. The van der Waals surface area contributed by atoms with Crippen LogP contribution in [-0.2, 0) is 15.0 Å². The molecule has 0 aromatic heterocycles. The molecule has 0 unspecified atom stereocenters. The van der Waals surface area contributed by atoms with Crippen molar-refractivity contribution in [1.82, 2.24) is 4.90 Å². The summed E-state index contributed by atoms with van der Waals surface area (Å²) in [5.74, 6) is -2.76. The van der Waals surface area contributed by atoms with Crippen molar-refractivity contribution in [1.29, 1.82) is 5.26 Å². The first kappa shape index (κ1) is 18.5. The normalized spacial score (nSPS) is 16.5. The fraction of sp³-hybridized carbons (Fsp3) is 0.400. The molecule has 0 atom stereocenters. The van der Waals surface area contributed by atoms with E-state index in [1.807, 2.05) is 30.3 Å². The Balaban J connectivity index is 0.000000322. The summed E-state index contributed by atoms with van der Waals surface area (Å²) in [6.45, 7) is 1.35. The fourth-order valence-electron chi connectivity index (χ4n) is 2.23. The second-order valence-electron chi connectivity index (χ2n) is 5.00. The number of carboxylic acids is 1. The topological polar surface area (TPSA) is 81.4 Å². The number of carbonyl (C=O) groups is 2. The number of carbonyl (C=O) groups excluding carboxylic acids is 1. The number of likely N-dealkylation sites (tertiary alicyclic amines) is 1. The molecule has 8 heteroatoms. The molecule has 0 spiro atoms.